The average molecular weight is 446 g/mol. The average Bonchev–Trinajstić information content (AvgIpc) is 2.63. The lowest BCUT2D eigenvalue weighted by atomic mass is 9.97. The zero-order valence-electron chi connectivity index (χ0n) is 17.2. The van der Waals surface area contributed by atoms with Crippen molar-refractivity contribution in [2.24, 2.45) is 5.92 Å². The van der Waals surface area contributed by atoms with E-state index in [1.54, 1.807) is 6.92 Å². The first-order valence-electron chi connectivity index (χ1n) is 9.45. The van der Waals surface area contributed by atoms with Gasteiger partial charge in [-0.15, -0.1) is 0 Å². The lowest BCUT2D eigenvalue weighted by Gasteiger charge is -2.19. The highest BCUT2D eigenvalue weighted by Gasteiger charge is 2.18. The van der Waals surface area contributed by atoms with Gasteiger partial charge >= 0.3 is 0 Å². The Labute approximate surface area is 176 Å². The topological polar surface area (TPSA) is 100 Å². The summed E-state index contributed by atoms with van der Waals surface area (Å²) in [6.45, 7) is 5.59. The van der Waals surface area contributed by atoms with E-state index in [2.05, 4.69) is 25.0 Å². The van der Waals surface area contributed by atoms with Gasteiger partial charge in [-0.2, -0.15) is 15.0 Å². The number of nitrogens with one attached hydrogen (secondary N) is 2. The first-order valence-corrected chi connectivity index (χ1v) is 11.0. The van der Waals surface area contributed by atoms with Crippen LogP contribution in [0.5, 0.6) is 0 Å². The molecule has 3 N–H and O–H groups in total. The van der Waals surface area contributed by atoms with E-state index < -0.39 is 34.4 Å². The van der Waals surface area contributed by atoms with E-state index in [1.165, 1.54) is 6.26 Å². The van der Waals surface area contributed by atoms with Gasteiger partial charge in [0, 0.05) is 12.7 Å². The molecule has 0 saturated carbocycles. The maximum atomic E-state index is 13.6. The predicted molar refractivity (Wildman–Crippen MR) is 110 cm³/mol. The number of benzene rings is 1. The third kappa shape index (κ3) is 6.91. The number of hydrogen-bond acceptors (Lipinski definition) is 6. The molecule has 0 fully saturated rings. The summed E-state index contributed by atoms with van der Waals surface area (Å²) in [7, 11) is -1.43. The third-order valence-corrected chi connectivity index (χ3v) is 4.76. The quantitative estimate of drug-likeness (QED) is 0.486. The van der Waals surface area contributed by atoms with Gasteiger partial charge in [0.05, 0.1) is 12.6 Å². The smallest absolute Gasteiger partial charge is 0.239 e. The highest BCUT2D eigenvalue weighted by molar-refractivity contribution is 7.85. The number of aliphatic hydroxyl groups excluding tert-OH is 1. The summed E-state index contributed by atoms with van der Waals surface area (Å²) < 4.78 is 54.5. The molecule has 0 aliphatic heterocycles. The van der Waals surface area contributed by atoms with Crippen molar-refractivity contribution in [3.8, 4) is 0 Å². The fourth-order valence-corrected chi connectivity index (χ4v) is 3.28. The molecule has 0 spiro atoms. The van der Waals surface area contributed by atoms with Crippen molar-refractivity contribution in [1.82, 2.24) is 15.0 Å². The van der Waals surface area contributed by atoms with Gasteiger partial charge in [-0.1, -0.05) is 20.8 Å². The van der Waals surface area contributed by atoms with Gasteiger partial charge in [0.15, 0.2) is 17.5 Å². The lowest BCUT2D eigenvalue weighted by Crippen LogP contribution is -2.27. The Bertz CT molecular complexity index is 877. The van der Waals surface area contributed by atoms with Crippen LogP contribution in [0, 0.1) is 23.4 Å². The molecule has 2 rings (SSSR count). The monoisotopic (exact) mass is 445 g/mol. The highest BCUT2D eigenvalue weighted by atomic mass is 32.2. The standard InChI is InChI=1S/C19H26F3N5O2S/c1-10(2)5-13(9-28)23-18-24-16(25-19(26-18)27-30(4)29)6-11(3)12-7-14(20)17(22)15(21)8-12/h7-8,10-11,13,28H,5-6,9H2,1-4H3,(H2,23,24,25,26,27)/t11-,13-,30?/m1/s1. The fourth-order valence-electron chi connectivity index (χ4n) is 2.93. The highest BCUT2D eigenvalue weighted by Crippen LogP contribution is 2.24. The molecule has 7 nitrogen and oxygen atoms in total. The number of aromatic nitrogens is 3. The molecule has 0 saturated heterocycles. The second kappa shape index (κ2) is 10.7. The van der Waals surface area contributed by atoms with Crippen molar-refractivity contribution in [1.29, 1.82) is 0 Å². The molecule has 1 heterocycles. The number of nitrogens with zero attached hydrogens (tertiary/aromatic N) is 3. The van der Waals surface area contributed by atoms with Crippen LogP contribution in [-0.2, 0) is 17.4 Å². The van der Waals surface area contributed by atoms with E-state index in [-0.39, 0.29) is 42.4 Å². The molecule has 0 amide bonds. The van der Waals surface area contributed by atoms with Gasteiger partial charge in [0.1, 0.15) is 16.8 Å². The van der Waals surface area contributed by atoms with Crippen molar-refractivity contribution in [2.45, 2.75) is 45.6 Å². The number of hydrogen-bond donors (Lipinski definition) is 3. The summed E-state index contributed by atoms with van der Waals surface area (Å²) >= 11 is 0. The normalized spacial score (nSPS) is 14.4. The van der Waals surface area contributed by atoms with Crippen LogP contribution in [-0.4, -0.2) is 43.2 Å². The molecule has 0 radical (unpaired) electrons. The molecule has 0 aliphatic rings. The molecule has 3 atom stereocenters. The second-order valence-electron chi connectivity index (χ2n) is 7.51. The maximum Gasteiger partial charge on any atom is 0.239 e. The Balaban J connectivity index is 2.30. The Morgan fingerprint density at radius 2 is 1.67 bits per heavy atom. The minimum atomic E-state index is -1.52. The van der Waals surface area contributed by atoms with Crippen molar-refractivity contribution >= 4 is 22.9 Å². The molecule has 2 aromatic rings. The maximum absolute atomic E-state index is 13.6. The molecule has 0 aliphatic carbocycles. The van der Waals surface area contributed by atoms with Crippen molar-refractivity contribution in [2.75, 3.05) is 22.9 Å². The Morgan fingerprint density at radius 1 is 1.07 bits per heavy atom. The number of rotatable bonds is 10. The largest absolute Gasteiger partial charge is 0.394 e. The van der Waals surface area contributed by atoms with Crippen LogP contribution in [0.25, 0.3) is 0 Å². The molecular formula is C19H26F3N5O2S. The summed E-state index contributed by atoms with van der Waals surface area (Å²) in [5.74, 6) is -3.65. The van der Waals surface area contributed by atoms with E-state index in [1.807, 2.05) is 13.8 Å². The molecule has 1 unspecified atom stereocenters. The van der Waals surface area contributed by atoms with E-state index >= 15 is 0 Å². The van der Waals surface area contributed by atoms with Gasteiger partial charge in [0.2, 0.25) is 11.9 Å². The van der Waals surface area contributed by atoms with Gasteiger partial charge in [-0.3, -0.25) is 4.72 Å². The fraction of sp³-hybridized carbons (Fsp3) is 0.526. The molecule has 30 heavy (non-hydrogen) atoms. The number of anilines is 2. The Kier molecular flexibility index (Phi) is 8.54. The van der Waals surface area contributed by atoms with Crippen molar-refractivity contribution in [3.05, 3.63) is 41.0 Å². The van der Waals surface area contributed by atoms with Crippen LogP contribution >= 0.6 is 0 Å². The Morgan fingerprint density at radius 3 is 2.20 bits per heavy atom. The minimum absolute atomic E-state index is 0.0632. The van der Waals surface area contributed by atoms with Crippen LogP contribution in [0.15, 0.2) is 12.1 Å². The van der Waals surface area contributed by atoms with Crippen molar-refractivity contribution < 1.29 is 22.5 Å². The van der Waals surface area contributed by atoms with Crippen molar-refractivity contribution in [3.63, 3.8) is 0 Å². The molecule has 166 valence electrons. The van der Waals surface area contributed by atoms with Crippen LogP contribution in [0.4, 0.5) is 25.1 Å². The second-order valence-corrected chi connectivity index (χ2v) is 8.62. The van der Waals surface area contributed by atoms with Crippen LogP contribution in [0.1, 0.15) is 44.5 Å². The Hall–Kier alpha value is -2.27. The molecule has 1 aromatic heterocycles. The lowest BCUT2D eigenvalue weighted by molar-refractivity contribution is 0.259. The summed E-state index contributed by atoms with van der Waals surface area (Å²) in [5.41, 5.74) is 0.253. The van der Waals surface area contributed by atoms with Gasteiger partial charge in [0.25, 0.3) is 0 Å². The summed E-state index contributed by atoms with van der Waals surface area (Å²) in [6, 6.07) is 1.58. The summed E-state index contributed by atoms with van der Waals surface area (Å²) in [6.07, 6.45) is 2.25. The number of halogens is 3. The van der Waals surface area contributed by atoms with Crippen LogP contribution < -0.4 is 10.0 Å². The first kappa shape index (κ1) is 24.0. The van der Waals surface area contributed by atoms with E-state index in [9.17, 15) is 22.5 Å². The zero-order valence-corrected chi connectivity index (χ0v) is 18.1. The number of aliphatic hydroxyl groups is 1. The zero-order chi connectivity index (χ0) is 22.4. The van der Waals surface area contributed by atoms with Gasteiger partial charge < -0.3 is 10.4 Å². The summed E-state index contributed by atoms with van der Waals surface area (Å²) in [5, 5.41) is 12.6. The van der Waals surface area contributed by atoms with E-state index in [0.29, 0.717) is 12.3 Å². The van der Waals surface area contributed by atoms with Gasteiger partial charge in [-0.05, 0) is 36.0 Å². The first-order chi connectivity index (χ1) is 14.1. The van der Waals surface area contributed by atoms with Crippen LogP contribution in [0.3, 0.4) is 0 Å². The SMILES string of the molecule is CC(C)C[C@H](CO)Nc1nc(C[C@@H](C)c2cc(F)c(F)c(F)c2)nc(NS(C)=O)n1. The summed E-state index contributed by atoms with van der Waals surface area (Å²) in [4.78, 5) is 12.7. The molecule has 1 aromatic carbocycles. The molecule has 0 bridgehead atoms. The third-order valence-electron chi connectivity index (χ3n) is 4.29. The van der Waals surface area contributed by atoms with E-state index in [0.717, 1.165) is 12.1 Å². The predicted octanol–water partition coefficient (Wildman–Crippen LogP) is 3.16. The molecular weight excluding hydrogens is 419 g/mol. The van der Waals surface area contributed by atoms with E-state index in [4.69, 9.17) is 0 Å². The van der Waals surface area contributed by atoms with Crippen LogP contribution in [0.2, 0.25) is 0 Å². The molecule has 11 heteroatoms. The van der Waals surface area contributed by atoms with Gasteiger partial charge in [-0.25, -0.2) is 17.4 Å². The minimum Gasteiger partial charge on any atom is -0.394 e.